The molecule has 3 rings (SSSR count). The van der Waals surface area contributed by atoms with Crippen LogP contribution in [-0.2, 0) is 4.74 Å². The second-order valence-corrected chi connectivity index (χ2v) is 5.18. The Morgan fingerprint density at radius 1 is 1.32 bits per heavy atom. The molecule has 0 aromatic carbocycles. The van der Waals surface area contributed by atoms with Gasteiger partial charge in [0.2, 0.25) is 0 Å². The number of carboxylic acids is 1. The molecular weight excluding hydrogens is 246 g/mol. The molecule has 19 heavy (non-hydrogen) atoms. The maximum Gasteiger partial charge on any atom is 0.356 e. The van der Waals surface area contributed by atoms with Crippen molar-refractivity contribution in [1.82, 2.24) is 9.97 Å². The van der Waals surface area contributed by atoms with E-state index in [1.165, 1.54) is 6.20 Å². The lowest BCUT2D eigenvalue weighted by Gasteiger charge is -2.19. The van der Waals surface area contributed by atoms with Gasteiger partial charge in [0.1, 0.15) is 5.82 Å². The molecule has 0 radical (unpaired) electrons. The Hall–Kier alpha value is -1.69. The number of anilines is 1. The van der Waals surface area contributed by atoms with Crippen molar-refractivity contribution < 1.29 is 14.6 Å². The normalized spacial score (nSPS) is 26.8. The summed E-state index contributed by atoms with van der Waals surface area (Å²) in [5.41, 5.74) is -0.0105. The Labute approximate surface area is 111 Å². The molecule has 3 heterocycles. The number of carbonyl (C=O) groups is 1. The summed E-state index contributed by atoms with van der Waals surface area (Å²) in [4.78, 5) is 21.0. The van der Waals surface area contributed by atoms with Crippen LogP contribution in [0.25, 0.3) is 0 Å². The minimum atomic E-state index is -1.04. The smallest absolute Gasteiger partial charge is 0.356 e. The van der Waals surface area contributed by atoms with Gasteiger partial charge in [0.05, 0.1) is 12.4 Å². The highest BCUT2D eigenvalue weighted by atomic mass is 16.5. The first kappa shape index (κ1) is 12.3. The quantitative estimate of drug-likeness (QED) is 0.878. The number of carboxylic acid groups (broad SMARTS) is 1. The standard InChI is InChI=1S/C13H17N3O3/c17-13(18)11-5-15-12(6-14-11)16-3-1-9(7-16)10-2-4-19-8-10/h5-6,9-10H,1-4,7-8H2,(H,17,18). The molecule has 1 aromatic heterocycles. The van der Waals surface area contributed by atoms with E-state index in [0.717, 1.165) is 45.0 Å². The topological polar surface area (TPSA) is 75.5 Å². The second kappa shape index (κ2) is 5.13. The van der Waals surface area contributed by atoms with Crippen LogP contribution in [0.5, 0.6) is 0 Å². The third kappa shape index (κ3) is 2.53. The number of hydrogen-bond acceptors (Lipinski definition) is 5. The number of rotatable bonds is 3. The van der Waals surface area contributed by atoms with Crippen LogP contribution in [0.2, 0.25) is 0 Å². The first-order chi connectivity index (χ1) is 9.24. The lowest BCUT2D eigenvalue weighted by atomic mass is 9.91. The number of ether oxygens (including phenoxy) is 1. The van der Waals surface area contributed by atoms with Crippen molar-refractivity contribution in [2.24, 2.45) is 11.8 Å². The van der Waals surface area contributed by atoms with E-state index in [-0.39, 0.29) is 5.69 Å². The molecule has 6 heteroatoms. The van der Waals surface area contributed by atoms with Crippen LogP contribution in [-0.4, -0.2) is 47.3 Å². The van der Waals surface area contributed by atoms with Crippen molar-refractivity contribution >= 4 is 11.8 Å². The average Bonchev–Trinajstić information content (AvgIpc) is 3.10. The van der Waals surface area contributed by atoms with Gasteiger partial charge >= 0.3 is 5.97 Å². The largest absolute Gasteiger partial charge is 0.476 e. The highest BCUT2D eigenvalue weighted by Gasteiger charge is 2.32. The van der Waals surface area contributed by atoms with Gasteiger partial charge in [-0.3, -0.25) is 0 Å². The average molecular weight is 263 g/mol. The van der Waals surface area contributed by atoms with Gasteiger partial charge < -0.3 is 14.7 Å². The molecule has 102 valence electrons. The number of aromatic nitrogens is 2. The molecule has 2 fully saturated rings. The second-order valence-electron chi connectivity index (χ2n) is 5.18. The van der Waals surface area contributed by atoms with E-state index in [1.807, 2.05) is 0 Å². The Balaban J connectivity index is 1.65. The van der Waals surface area contributed by atoms with E-state index < -0.39 is 5.97 Å². The highest BCUT2D eigenvalue weighted by molar-refractivity contribution is 5.84. The molecule has 0 amide bonds. The zero-order valence-electron chi connectivity index (χ0n) is 10.7. The van der Waals surface area contributed by atoms with Gasteiger partial charge in [-0.05, 0) is 24.7 Å². The van der Waals surface area contributed by atoms with Crippen LogP contribution in [0, 0.1) is 11.8 Å². The maximum absolute atomic E-state index is 10.7. The molecule has 2 aliphatic rings. The molecule has 0 bridgehead atoms. The van der Waals surface area contributed by atoms with Gasteiger partial charge in [0.25, 0.3) is 0 Å². The summed E-state index contributed by atoms with van der Waals surface area (Å²) in [5.74, 6) is 1.05. The van der Waals surface area contributed by atoms with Crippen LogP contribution >= 0.6 is 0 Å². The van der Waals surface area contributed by atoms with Crippen LogP contribution in [0.1, 0.15) is 23.3 Å². The fraction of sp³-hybridized carbons (Fsp3) is 0.615. The van der Waals surface area contributed by atoms with E-state index in [0.29, 0.717) is 11.8 Å². The number of hydrogen-bond donors (Lipinski definition) is 1. The van der Waals surface area contributed by atoms with Gasteiger partial charge in [-0.2, -0.15) is 0 Å². The summed E-state index contributed by atoms with van der Waals surface area (Å²) >= 11 is 0. The molecule has 6 nitrogen and oxygen atoms in total. The summed E-state index contributed by atoms with van der Waals surface area (Å²) in [6.07, 6.45) is 5.18. The number of nitrogens with zero attached hydrogens (tertiary/aromatic N) is 3. The minimum absolute atomic E-state index is 0.0105. The summed E-state index contributed by atoms with van der Waals surface area (Å²) < 4.78 is 5.44. The van der Waals surface area contributed by atoms with Gasteiger partial charge in [-0.25, -0.2) is 14.8 Å². The molecule has 0 spiro atoms. The number of aromatic carboxylic acids is 1. The fourth-order valence-corrected chi connectivity index (χ4v) is 2.90. The Morgan fingerprint density at radius 2 is 2.21 bits per heavy atom. The summed E-state index contributed by atoms with van der Waals surface area (Å²) in [5, 5.41) is 8.80. The van der Waals surface area contributed by atoms with E-state index in [9.17, 15) is 4.79 Å². The molecule has 0 aliphatic carbocycles. The molecule has 1 aromatic rings. The SMILES string of the molecule is O=C(O)c1cnc(N2CCC(C3CCOC3)C2)cn1. The van der Waals surface area contributed by atoms with Crippen molar-refractivity contribution in [2.45, 2.75) is 12.8 Å². The van der Waals surface area contributed by atoms with Crippen LogP contribution < -0.4 is 4.90 Å². The van der Waals surface area contributed by atoms with E-state index in [1.54, 1.807) is 6.20 Å². The first-order valence-electron chi connectivity index (χ1n) is 6.62. The minimum Gasteiger partial charge on any atom is -0.476 e. The first-order valence-corrected chi connectivity index (χ1v) is 6.62. The predicted octanol–water partition coefficient (Wildman–Crippen LogP) is 1.04. The predicted molar refractivity (Wildman–Crippen MR) is 68.2 cm³/mol. The van der Waals surface area contributed by atoms with Crippen molar-refractivity contribution in [3.05, 3.63) is 18.1 Å². The van der Waals surface area contributed by atoms with Crippen molar-refractivity contribution in [3.8, 4) is 0 Å². The molecule has 2 atom stereocenters. The lowest BCUT2D eigenvalue weighted by molar-refractivity contribution is 0.0690. The summed E-state index contributed by atoms with van der Waals surface area (Å²) in [6.45, 7) is 3.69. The van der Waals surface area contributed by atoms with Gasteiger partial charge in [0.15, 0.2) is 5.69 Å². The molecule has 2 saturated heterocycles. The Bertz CT molecular complexity index is 457. The molecule has 1 N–H and O–H groups in total. The van der Waals surface area contributed by atoms with E-state index in [4.69, 9.17) is 9.84 Å². The Kier molecular flexibility index (Phi) is 3.33. The van der Waals surface area contributed by atoms with Crippen LogP contribution in [0.3, 0.4) is 0 Å². The molecule has 0 saturated carbocycles. The molecule has 2 aliphatic heterocycles. The molecule has 2 unspecified atom stereocenters. The maximum atomic E-state index is 10.7. The van der Waals surface area contributed by atoms with Crippen molar-refractivity contribution in [3.63, 3.8) is 0 Å². The van der Waals surface area contributed by atoms with Crippen LogP contribution in [0.4, 0.5) is 5.82 Å². The summed E-state index contributed by atoms with van der Waals surface area (Å²) in [7, 11) is 0. The highest BCUT2D eigenvalue weighted by Crippen LogP contribution is 2.31. The monoisotopic (exact) mass is 263 g/mol. The fourth-order valence-electron chi connectivity index (χ4n) is 2.90. The van der Waals surface area contributed by atoms with Crippen molar-refractivity contribution in [1.29, 1.82) is 0 Å². The summed E-state index contributed by atoms with van der Waals surface area (Å²) in [6, 6.07) is 0. The van der Waals surface area contributed by atoms with E-state index in [2.05, 4.69) is 14.9 Å². The van der Waals surface area contributed by atoms with Gasteiger partial charge in [-0.1, -0.05) is 0 Å². The third-order valence-corrected chi connectivity index (χ3v) is 4.04. The van der Waals surface area contributed by atoms with Gasteiger partial charge in [0, 0.05) is 26.3 Å². The van der Waals surface area contributed by atoms with Crippen molar-refractivity contribution in [2.75, 3.05) is 31.2 Å². The van der Waals surface area contributed by atoms with Gasteiger partial charge in [-0.15, -0.1) is 0 Å². The van der Waals surface area contributed by atoms with E-state index >= 15 is 0 Å². The zero-order chi connectivity index (χ0) is 13.2. The van der Waals surface area contributed by atoms with Crippen LogP contribution in [0.15, 0.2) is 12.4 Å². The lowest BCUT2D eigenvalue weighted by Crippen LogP contribution is -2.24. The molecular formula is C13H17N3O3. The Morgan fingerprint density at radius 3 is 2.84 bits per heavy atom. The zero-order valence-corrected chi connectivity index (χ0v) is 10.7. The third-order valence-electron chi connectivity index (χ3n) is 4.04.